The normalized spacial score (nSPS) is 20.3. The number of carbonyl (C=O) groups excluding carboxylic acids is 1. The first kappa shape index (κ1) is 26.9. The molecule has 1 amide bonds. The number of ether oxygens (including phenoxy) is 1. The number of carbonyl (C=O) groups is 1. The molecule has 1 N–H and O–H groups in total. The van der Waals surface area contributed by atoms with Crippen LogP contribution in [0.15, 0.2) is 23.4 Å². The third kappa shape index (κ3) is 5.52. The van der Waals surface area contributed by atoms with Crippen molar-refractivity contribution in [3.05, 3.63) is 23.5 Å². The van der Waals surface area contributed by atoms with Gasteiger partial charge in [0.2, 0.25) is 0 Å². The molecule has 2 unspecified atom stereocenters. The van der Waals surface area contributed by atoms with Crippen LogP contribution in [0.5, 0.6) is 0 Å². The Balaban J connectivity index is 1.51. The SMILES string of the molecule is CC1CN(C(=O)OC(C)(C)C)CCN1c1cc(S(=O)NC2(C)CC2)cn2c(-c3nnc(C(F)F)s3)ncc12. The molecule has 14 heteroatoms. The molecule has 1 saturated heterocycles. The van der Waals surface area contributed by atoms with Gasteiger partial charge in [-0.25, -0.2) is 27.5 Å². The number of halogens is 2. The number of rotatable bonds is 6. The van der Waals surface area contributed by atoms with E-state index in [1.54, 1.807) is 21.7 Å². The molecule has 0 aromatic carbocycles. The largest absolute Gasteiger partial charge is 0.444 e. The van der Waals surface area contributed by atoms with E-state index in [0.717, 1.165) is 29.9 Å². The number of aromatic nitrogens is 4. The molecule has 2 atom stereocenters. The summed E-state index contributed by atoms with van der Waals surface area (Å²) >= 11 is 0.779. The van der Waals surface area contributed by atoms with Crippen LogP contribution in [0, 0.1) is 0 Å². The van der Waals surface area contributed by atoms with Crippen molar-refractivity contribution in [3.8, 4) is 10.8 Å². The van der Waals surface area contributed by atoms with Crippen molar-refractivity contribution in [1.82, 2.24) is 29.2 Å². The lowest BCUT2D eigenvalue weighted by atomic mass is 10.1. The van der Waals surface area contributed by atoms with Crippen LogP contribution in [0.1, 0.15) is 58.9 Å². The number of amides is 1. The van der Waals surface area contributed by atoms with Crippen molar-refractivity contribution in [2.24, 2.45) is 0 Å². The minimum Gasteiger partial charge on any atom is -0.444 e. The van der Waals surface area contributed by atoms with Crippen molar-refractivity contribution in [2.75, 3.05) is 24.5 Å². The van der Waals surface area contributed by atoms with Gasteiger partial charge in [0.1, 0.15) is 16.6 Å². The molecular weight excluding hydrogens is 536 g/mol. The summed E-state index contributed by atoms with van der Waals surface area (Å²) in [6, 6.07) is 1.79. The van der Waals surface area contributed by atoms with Gasteiger partial charge in [0, 0.05) is 37.4 Å². The molecule has 206 valence electrons. The molecule has 0 spiro atoms. The summed E-state index contributed by atoms with van der Waals surface area (Å²) in [7, 11) is -1.51. The maximum Gasteiger partial charge on any atom is 0.410 e. The first-order valence-electron chi connectivity index (χ1n) is 12.4. The van der Waals surface area contributed by atoms with E-state index in [4.69, 9.17) is 4.74 Å². The highest BCUT2D eigenvalue weighted by molar-refractivity contribution is 7.83. The third-order valence-corrected chi connectivity index (χ3v) is 8.81. The molecule has 3 aromatic heterocycles. The second-order valence-corrected chi connectivity index (χ2v) is 13.3. The van der Waals surface area contributed by atoms with Gasteiger partial charge >= 0.3 is 6.09 Å². The quantitative estimate of drug-likeness (QED) is 0.471. The summed E-state index contributed by atoms with van der Waals surface area (Å²) < 4.78 is 50.2. The fourth-order valence-electron chi connectivity index (χ4n) is 4.34. The van der Waals surface area contributed by atoms with Gasteiger partial charge in [-0.3, -0.25) is 4.40 Å². The summed E-state index contributed by atoms with van der Waals surface area (Å²) in [5.41, 5.74) is 0.739. The predicted octanol–water partition coefficient (Wildman–Crippen LogP) is 4.40. The monoisotopic (exact) mass is 567 g/mol. The van der Waals surface area contributed by atoms with Gasteiger partial charge in [-0.15, -0.1) is 10.2 Å². The number of alkyl halides is 2. The van der Waals surface area contributed by atoms with Gasteiger partial charge in [-0.1, -0.05) is 11.3 Å². The summed E-state index contributed by atoms with van der Waals surface area (Å²) in [4.78, 5) is 21.5. The Kier molecular flexibility index (Phi) is 6.93. The molecular formula is C24H31F2N7O3S2. The lowest BCUT2D eigenvalue weighted by Crippen LogP contribution is -2.54. The Morgan fingerprint density at radius 3 is 2.63 bits per heavy atom. The van der Waals surface area contributed by atoms with Gasteiger partial charge in [0.25, 0.3) is 6.43 Å². The maximum atomic E-state index is 13.4. The molecule has 38 heavy (non-hydrogen) atoms. The van der Waals surface area contributed by atoms with Gasteiger partial charge in [-0.2, -0.15) is 0 Å². The highest BCUT2D eigenvalue weighted by Crippen LogP contribution is 2.37. The second-order valence-electron chi connectivity index (χ2n) is 11.0. The van der Waals surface area contributed by atoms with E-state index in [1.807, 2.05) is 40.7 Å². The van der Waals surface area contributed by atoms with Gasteiger partial charge < -0.3 is 14.5 Å². The van der Waals surface area contributed by atoms with Gasteiger partial charge in [-0.05, 0) is 53.5 Å². The fraction of sp³-hybridized carbons (Fsp3) is 0.583. The lowest BCUT2D eigenvalue weighted by Gasteiger charge is -2.41. The molecule has 1 saturated carbocycles. The van der Waals surface area contributed by atoms with Gasteiger partial charge in [0.05, 0.1) is 22.3 Å². The first-order valence-corrected chi connectivity index (χ1v) is 14.4. The van der Waals surface area contributed by atoms with E-state index in [0.29, 0.717) is 35.9 Å². The highest BCUT2D eigenvalue weighted by atomic mass is 32.2. The molecule has 2 fully saturated rings. The Morgan fingerprint density at radius 2 is 2.03 bits per heavy atom. The minimum absolute atomic E-state index is 0.0806. The average molecular weight is 568 g/mol. The molecule has 2 aliphatic rings. The zero-order chi connectivity index (χ0) is 27.4. The summed E-state index contributed by atoms with van der Waals surface area (Å²) in [5, 5.41) is 7.40. The third-order valence-electron chi connectivity index (χ3n) is 6.55. The van der Waals surface area contributed by atoms with Crippen LogP contribution < -0.4 is 9.62 Å². The number of fused-ring (bicyclic) bond motifs is 1. The number of imidazole rings is 1. The lowest BCUT2D eigenvalue weighted by molar-refractivity contribution is 0.0219. The smallest absolute Gasteiger partial charge is 0.410 e. The number of hydrogen-bond donors (Lipinski definition) is 1. The number of anilines is 1. The molecule has 5 rings (SSSR count). The van der Waals surface area contributed by atoms with E-state index in [2.05, 4.69) is 24.8 Å². The van der Waals surface area contributed by atoms with Crippen LogP contribution in [-0.4, -0.2) is 71.6 Å². The van der Waals surface area contributed by atoms with E-state index in [1.165, 1.54) is 0 Å². The maximum absolute atomic E-state index is 13.4. The summed E-state index contributed by atoms with van der Waals surface area (Å²) in [6.07, 6.45) is 2.16. The van der Waals surface area contributed by atoms with Crippen molar-refractivity contribution < 1.29 is 22.5 Å². The van der Waals surface area contributed by atoms with Crippen molar-refractivity contribution in [3.63, 3.8) is 0 Å². The molecule has 0 bridgehead atoms. The van der Waals surface area contributed by atoms with Crippen molar-refractivity contribution in [1.29, 1.82) is 0 Å². The topological polar surface area (TPSA) is 105 Å². The molecule has 1 aliphatic carbocycles. The predicted molar refractivity (Wildman–Crippen MR) is 141 cm³/mol. The summed E-state index contributed by atoms with van der Waals surface area (Å²) in [5.74, 6) is 0.349. The molecule has 4 heterocycles. The summed E-state index contributed by atoms with van der Waals surface area (Å²) in [6.45, 7) is 11.0. The van der Waals surface area contributed by atoms with Gasteiger partial charge in [0.15, 0.2) is 15.8 Å². The number of nitrogens with zero attached hydrogens (tertiary/aromatic N) is 6. The molecule has 0 radical (unpaired) electrons. The second kappa shape index (κ2) is 9.79. The Labute approximate surface area is 226 Å². The Bertz CT molecular complexity index is 1380. The molecule has 10 nitrogen and oxygen atoms in total. The first-order chi connectivity index (χ1) is 17.8. The van der Waals surface area contributed by atoms with Crippen LogP contribution in [0.25, 0.3) is 16.3 Å². The van der Waals surface area contributed by atoms with Crippen molar-refractivity contribution in [2.45, 2.75) is 76.0 Å². The minimum atomic E-state index is -2.73. The fourth-order valence-corrected chi connectivity index (χ4v) is 6.22. The van der Waals surface area contributed by atoms with E-state index in [9.17, 15) is 17.8 Å². The number of nitrogens with one attached hydrogen (secondary N) is 1. The number of pyridine rings is 1. The van der Waals surface area contributed by atoms with Crippen LogP contribution in [0.4, 0.5) is 19.3 Å². The Hall–Kier alpha value is -2.71. The zero-order valence-electron chi connectivity index (χ0n) is 21.9. The van der Waals surface area contributed by atoms with Crippen LogP contribution in [0.2, 0.25) is 0 Å². The van der Waals surface area contributed by atoms with Crippen molar-refractivity contribution >= 4 is 39.6 Å². The molecule has 3 aromatic rings. The van der Waals surface area contributed by atoms with E-state index < -0.39 is 23.0 Å². The highest BCUT2D eigenvalue weighted by Gasteiger charge is 2.39. The average Bonchev–Trinajstić information content (AvgIpc) is 3.22. The standard InChI is InChI=1S/C24H31F2N7O3S2/c1-14-12-31(22(34)36-23(2,3)4)8-9-32(14)16-10-15(38(35)30-24(5)6-7-24)13-33-17(16)11-27-19(33)21-29-28-20(37-21)18(25)26/h10-11,13-14,18,30H,6-9,12H2,1-5H3. The molecule has 1 aliphatic heterocycles. The zero-order valence-corrected chi connectivity index (χ0v) is 23.5. The number of hydrogen-bond acceptors (Lipinski definition) is 8. The van der Waals surface area contributed by atoms with Crippen LogP contribution in [-0.2, 0) is 15.7 Å². The number of piperazine rings is 1. The van der Waals surface area contributed by atoms with E-state index in [-0.39, 0.29) is 27.7 Å². The van der Waals surface area contributed by atoms with Crippen LogP contribution >= 0.6 is 11.3 Å². The van der Waals surface area contributed by atoms with E-state index >= 15 is 0 Å². The van der Waals surface area contributed by atoms with Crippen LogP contribution in [0.3, 0.4) is 0 Å². The Morgan fingerprint density at radius 1 is 1.29 bits per heavy atom.